The number of aryl methyl sites for hydroxylation is 1. The molecule has 0 unspecified atom stereocenters. The summed E-state index contributed by atoms with van der Waals surface area (Å²) in [4.78, 5) is 19.0. The van der Waals surface area contributed by atoms with Gasteiger partial charge in [-0.05, 0) is 99.2 Å². The highest BCUT2D eigenvalue weighted by Crippen LogP contribution is 2.44. The van der Waals surface area contributed by atoms with E-state index >= 15 is 0 Å². The minimum Gasteiger partial charge on any atom is -0.494 e. The number of aromatic nitrogens is 2. The molecule has 194 valence electrons. The number of thiocarbonyl (C=S) groups is 1. The minimum absolute atomic E-state index is 0.154. The third-order valence-electron chi connectivity index (χ3n) is 6.84. The molecule has 1 saturated heterocycles. The Labute approximate surface area is 228 Å². The number of methoxy groups -OCH3 is 1. The van der Waals surface area contributed by atoms with E-state index in [0.717, 1.165) is 39.8 Å². The highest BCUT2D eigenvalue weighted by atomic mass is 32.1. The minimum atomic E-state index is -0.364. The molecule has 2 atom stereocenters. The summed E-state index contributed by atoms with van der Waals surface area (Å²) in [5.41, 5.74) is 6.48. The second-order valence-electron chi connectivity index (χ2n) is 9.13. The molecule has 38 heavy (non-hydrogen) atoms. The van der Waals surface area contributed by atoms with Crippen LogP contribution in [0.15, 0.2) is 79.0 Å². The van der Waals surface area contributed by atoms with Crippen LogP contribution < -0.4 is 15.0 Å². The lowest BCUT2D eigenvalue weighted by Gasteiger charge is -2.28. The summed E-state index contributed by atoms with van der Waals surface area (Å²) < 4.78 is 12.8. The monoisotopic (exact) mass is 526 g/mol. The molecule has 7 nitrogen and oxygen atoms in total. The molecule has 1 aliphatic rings. The molecule has 8 heteroatoms. The number of nitrogens with one attached hydrogen (secondary N) is 1. The molecule has 1 fully saturated rings. The van der Waals surface area contributed by atoms with Crippen LogP contribution >= 0.6 is 12.2 Å². The molecule has 1 aliphatic heterocycles. The first-order chi connectivity index (χ1) is 18.4. The Morgan fingerprint density at radius 3 is 2.50 bits per heavy atom. The summed E-state index contributed by atoms with van der Waals surface area (Å²) >= 11 is 5.89. The SMILES string of the molecule is CCOc1ccc(N2C(=S)N[C@@H](c3ccccn3)[C@H]2c2cc(C)n(-c3cccc(C(=O)OC)c3)c2C)cc1. The fourth-order valence-corrected chi connectivity index (χ4v) is 5.54. The zero-order chi connectivity index (χ0) is 26.8. The third-order valence-corrected chi connectivity index (χ3v) is 7.15. The molecular weight excluding hydrogens is 496 g/mol. The van der Waals surface area contributed by atoms with E-state index in [9.17, 15) is 4.79 Å². The fourth-order valence-electron chi connectivity index (χ4n) is 5.19. The molecule has 2 aromatic heterocycles. The predicted octanol–water partition coefficient (Wildman–Crippen LogP) is 5.85. The maximum atomic E-state index is 12.2. The van der Waals surface area contributed by atoms with Crippen molar-refractivity contribution in [1.82, 2.24) is 14.9 Å². The first-order valence-corrected chi connectivity index (χ1v) is 12.9. The number of hydrogen-bond donors (Lipinski definition) is 1. The molecule has 0 radical (unpaired) electrons. The quantitative estimate of drug-likeness (QED) is 0.239. The van der Waals surface area contributed by atoms with Crippen LogP contribution in [-0.4, -0.2) is 34.3 Å². The standard InChI is InChI=1S/C30H30N4O3S/c1-5-37-24-14-12-22(13-15-24)34-28(27(32-30(34)38)26-11-6-7-16-31-26)25-17-19(2)33(20(25)3)23-10-8-9-21(18-23)29(35)36-4/h6-18,27-28H,5H2,1-4H3,(H,32,38)/t27-,28+/m0/s1. The van der Waals surface area contributed by atoms with Gasteiger partial charge in [-0.3, -0.25) is 4.98 Å². The normalized spacial score (nSPS) is 16.8. The highest BCUT2D eigenvalue weighted by Gasteiger charge is 2.42. The van der Waals surface area contributed by atoms with Gasteiger partial charge in [0.25, 0.3) is 0 Å². The van der Waals surface area contributed by atoms with E-state index in [0.29, 0.717) is 17.3 Å². The van der Waals surface area contributed by atoms with E-state index in [1.807, 2.05) is 67.6 Å². The Hall–Kier alpha value is -4.17. The summed E-state index contributed by atoms with van der Waals surface area (Å²) in [6.07, 6.45) is 1.80. The zero-order valence-electron chi connectivity index (χ0n) is 21.8. The molecule has 0 saturated carbocycles. The van der Waals surface area contributed by atoms with Crippen LogP contribution in [-0.2, 0) is 4.74 Å². The number of rotatable bonds is 7. The summed E-state index contributed by atoms with van der Waals surface area (Å²) in [6, 6.07) is 23.3. The predicted molar refractivity (Wildman–Crippen MR) is 152 cm³/mol. The van der Waals surface area contributed by atoms with Crippen LogP contribution in [0.1, 0.15) is 52.0 Å². The van der Waals surface area contributed by atoms with E-state index in [1.54, 1.807) is 12.3 Å². The maximum Gasteiger partial charge on any atom is 0.337 e. The van der Waals surface area contributed by atoms with Gasteiger partial charge < -0.3 is 24.3 Å². The van der Waals surface area contributed by atoms with Gasteiger partial charge >= 0.3 is 5.97 Å². The van der Waals surface area contributed by atoms with Gasteiger partial charge in [-0.25, -0.2) is 4.79 Å². The number of hydrogen-bond acceptors (Lipinski definition) is 5. The van der Waals surface area contributed by atoms with E-state index in [4.69, 9.17) is 21.7 Å². The molecule has 3 heterocycles. The second kappa shape index (κ2) is 10.7. The lowest BCUT2D eigenvalue weighted by atomic mass is 9.96. The first-order valence-electron chi connectivity index (χ1n) is 12.5. The number of carbonyl (C=O) groups excluding carboxylic acids is 1. The number of anilines is 1. The van der Waals surface area contributed by atoms with E-state index in [2.05, 4.69) is 39.7 Å². The maximum absolute atomic E-state index is 12.2. The van der Waals surface area contributed by atoms with Gasteiger partial charge in [0.2, 0.25) is 0 Å². The Kier molecular flexibility index (Phi) is 7.15. The topological polar surface area (TPSA) is 68.6 Å². The van der Waals surface area contributed by atoms with Gasteiger partial charge in [0.1, 0.15) is 5.75 Å². The van der Waals surface area contributed by atoms with Crippen LogP contribution in [0.3, 0.4) is 0 Å². The van der Waals surface area contributed by atoms with Crippen molar-refractivity contribution in [2.45, 2.75) is 32.9 Å². The molecule has 5 rings (SSSR count). The smallest absolute Gasteiger partial charge is 0.337 e. The van der Waals surface area contributed by atoms with Gasteiger partial charge in [0.15, 0.2) is 5.11 Å². The van der Waals surface area contributed by atoms with Crippen LogP contribution in [0.25, 0.3) is 5.69 Å². The van der Waals surface area contributed by atoms with Gasteiger partial charge in [-0.15, -0.1) is 0 Å². The van der Waals surface area contributed by atoms with Crippen LogP contribution in [0, 0.1) is 13.8 Å². The van der Waals surface area contributed by atoms with Gasteiger partial charge in [-0.2, -0.15) is 0 Å². The lowest BCUT2D eigenvalue weighted by Crippen LogP contribution is -2.29. The summed E-state index contributed by atoms with van der Waals surface area (Å²) in [5, 5.41) is 4.16. The van der Waals surface area contributed by atoms with Crippen LogP contribution in [0.2, 0.25) is 0 Å². The Bertz CT molecular complexity index is 1470. The van der Waals surface area contributed by atoms with Crippen LogP contribution in [0.4, 0.5) is 5.69 Å². The van der Waals surface area contributed by atoms with Crippen molar-refractivity contribution in [2.75, 3.05) is 18.6 Å². The molecule has 0 aliphatic carbocycles. The first kappa shape index (κ1) is 25.5. The number of esters is 1. The summed E-state index contributed by atoms with van der Waals surface area (Å²) in [7, 11) is 1.39. The second-order valence-corrected chi connectivity index (χ2v) is 9.51. The van der Waals surface area contributed by atoms with Crippen molar-refractivity contribution >= 4 is 29.0 Å². The fraction of sp³-hybridized carbons (Fsp3) is 0.233. The lowest BCUT2D eigenvalue weighted by molar-refractivity contribution is 0.0600. The average Bonchev–Trinajstić information content (AvgIpc) is 3.44. The Morgan fingerprint density at radius 2 is 1.82 bits per heavy atom. The van der Waals surface area contributed by atoms with E-state index < -0.39 is 0 Å². The number of pyridine rings is 1. The molecule has 2 aromatic carbocycles. The van der Waals surface area contributed by atoms with Crippen LogP contribution in [0.5, 0.6) is 5.75 Å². The number of benzene rings is 2. The Balaban J connectivity index is 1.63. The number of ether oxygens (including phenoxy) is 2. The van der Waals surface area contributed by atoms with Gasteiger partial charge in [0, 0.05) is 29.0 Å². The van der Waals surface area contributed by atoms with Crippen molar-refractivity contribution in [3.05, 3.63) is 107 Å². The Morgan fingerprint density at radius 1 is 1.03 bits per heavy atom. The number of nitrogens with zero attached hydrogens (tertiary/aromatic N) is 3. The summed E-state index contributed by atoms with van der Waals surface area (Å²) in [6.45, 7) is 6.74. The van der Waals surface area contributed by atoms with Crippen molar-refractivity contribution < 1.29 is 14.3 Å². The molecule has 0 spiro atoms. The zero-order valence-corrected chi connectivity index (χ0v) is 22.7. The largest absolute Gasteiger partial charge is 0.494 e. The van der Waals surface area contributed by atoms with E-state index in [-0.39, 0.29) is 18.1 Å². The molecule has 0 amide bonds. The third kappa shape index (κ3) is 4.63. The highest BCUT2D eigenvalue weighted by molar-refractivity contribution is 7.80. The van der Waals surface area contributed by atoms with Crippen molar-refractivity contribution in [1.29, 1.82) is 0 Å². The van der Waals surface area contributed by atoms with Crippen molar-refractivity contribution in [3.8, 4) is 11.4 Å². The molecular formula is C30H30N4O3S. The van der Waals surface area contributed by atoms with Crippen molar-refractivity contribution in [3.63, 3.8) is 0 Å². The van der Waals surface area contributed by atoms with Gasteiger partial charge in [-0.1, -0.05) is 12.1 Å². The average molecular weight is 527 g/mol. The van der Waals surface area contributed by atoms with Gasteiger partial charge in [0.05, 0.1) is 37.1 Å². The van der Waals surface area contributed by atoms with Crippen molar-refractivity contribution in [2.24, 2.45) is 0 Å². The van der Waals surface area contributed by atoms with E-state index in [1.165, 1.54) is 7.11 Å². The molecule has 1 N–H and O–H groups in total. The number of carbonyl (C=O) groups is 1. The molecule has 0 bridgehead atoms. The molecule has 4 aromatic rings. The summed E-state index contributed by atoms with van der Waals surface area (Å²) in [5.74, 6) is 0.451.